The van der Waals surface area contributed by atoms with Crippen molar-refractivity contribution < 1.29 is 4.74 Å². The SMILES string of the molecule is CCCOc1ccc(-c2cccc3c2CNCC3)cc1. The maximum absolute atomic E-state index is 5.65. The topological polar surface area (TPSA) is 21.3 Å². The minimum Gasteiger partial charge on any atom is -0.494 e. The summed E-state index contributed by atoms with van der Waals surface area (Å²) in [6, 6.07) is 15.1. The van der Waals surface area contributed by atoms with Gasteiger partial charge in [-0.25, -0.2) is 0 Å². The molecule has 2 aromatic rings. The average molecular weight is 267 g/mol. The Labute approximate surface area is 120 Å². The van der Waals surface area contributed by atoms with E-state index in [0.29, 0.717) is 0 Å². The number of ether oxygens (including phenoxy) is 1. The molecule has 3 rings (SSSR count). The fourth-order valence-corrected chi connectivity index (χ4v) is 2.74. The third-order valence-electron chi connectivity index (χ3n) is 3.78. The van der Waals surface area contributed by atoms with Gasteiger partial charge in [0.2, 0.25) is 0 Å². The predicted molar refractivity (Wildman–Crippen MR) is 83.1 cm³/mol. The molecule has 1 aliphatic heterocycles. The summed E-state index contributed by atoms with van der Waals surface area (Å²) in [5.74, 6) is 0.957. The van der Waals surface area contributed by atoms with Crippen LogP contribution in [0.3, 0.4) is 0 Å². The lowest BCUT2D eigenvalue weighted by Crippen LogP contribution is -2.24. The number of hydrogen-bond donors (Lipinski definition) is 1. The zero-order valence-corrected chi connectivity index (χ0v) is 12.0. The van der Waals surface area contributed by atoms with Crippen LogP contribution in [0.25, 0.3) is 11.1 Å². The van der Waals surface area contributed by atoms with Gasteiger partial charge in [-0.15, -0.1) is 0 Å². The van der Waals surface area contributed by atoms with Crippen molar-refractivity contribution in [2.45, 2.75) is 26.3 Å². The summed E-state index contributed by atoms with van der Waals surface area (Å²) in [5, 5.41) is 3.47. The van der Waals surface area contributed by atoms with Crippen molar-refractivity contribution in [1.29, 1.82) is 0 Å². The van der Waals surface area contributed by atoms with Gasteiger partial charge in [-0.05, 0) is 53.8 Å². The Morgan fingerprint density at radius 1 is 1.10 bits per heavy atom. The number of hydrogen-bond acceptors (Lipinski definition) is 2. The molecule has 2 aromatic carbocycles. The summed E-state index contributed by atoms with van der Waals surface area (Å²) in [5.41, 5.74) is 5.54. The van der Waals surface area contributed by atoms with Crippen molar-refractivity contribution in [3.05, 3.63) is 53.6 Å². The van der Waals surface area contributed by atoms with Gasteiger partial charge in [0.1, 0.15) is 5.75 Å². The van der Waals surface area contributed by atoms with E-state index in [2.05, 4.69) is 54.7 Å². The van der Waals surface area contributed by atoms with Crippen LogP contribution in [-0.4, -0.2) is 13.2 Å². The molecule has 0 radical (unpaired) electrons. The van der Waals surface area contributed by atoms with Gasteiger partial charge < -0.3 is 10.1 Å². The molecule has 1 N–H and O–H groups in total. The first-order chi connectivity index (χ1) is 9.88. The molecule has 0 atom stereocenters. The molecule has 0 unspecified atom stereocenters. The minimum absolute atomic E-state index is 0.782. The second kappa shape index (κ2) is 6.10. The molecule has 0 saturated carbocycles. The Kier molecular flexibility index (Phi) is 4.03. The number of rotatable bonds is 4. The summed E-state index contributed by atoms with van der Waals surface area (Å²) in [6.45, 7) is 4.96. The first-order valence-electron chi connectivity index (χ1n) is 7.43. The smallest absolute Gasteiger partial charge is 0.119 e. The molecular formula is C18H21NO. The molecule has 2 nitrogen and oxygen atoms in total. The van der Waals surface area contributed by atoms with Crippen molar-refractivity contribution in [3.8, 4) is 16.9 Å². The van der Waals surface area contributed by atoms with Crippen molar-refractivity contribution in [2.75, 3.05) is 13.2 Å². The van der Waals surface area contributed by atoms with Crippen molar-refractivity contribution in [1.82, 2.24) is 5.32 Å². The monoisotopic (exact) mass is 267 g/mol. The third kappa shape index (κ3) is 2.70. The molecule has 0 bridgehead atoms. The molecule has 0 fully saturated rings. The van der Waals surface area contributed by atoms with Gasteiger partial charge in [-0.2, -0.15) is 0 Å². The van der Waals surface area contributed by atoms with Gasteiger partial charge in [0, 0.05) is 6.54 Å². The fourth-order valence-electron chi connectivity index (χ4n) is 2.74. The quantitative estimate of drug-likeness (QED) is 0.910. The van der Waals surface area contributed by atoms with Gasteiger partial charge in [0.15, 0.2) is 0 Å². The minimum atomic E-state index is 0.782. The molecule has 20 heavy (non-hydrogen) atoms. The van der Waals surface area contributed by atoms with E-state index in [-0.39, 0.29) is 0 Å². The molecule has 0 spiro atoms. The van der Waals surface area contributed by atoms with Gasteiger partial charge in [-0.1, -0.05) is 37.3 Å². The van der Waals surface area contributed by atoms with E-state index in [4.69, 9.17) is 4.74 Å². The molecule has 104 valence electrons. The first-order valence-corrected chi connectivity index (χ1v) is 7.43. The van der Waals surface area contributed by atoms with Crippen LogP contribution in [0.4, 0.5) is 0 Å². The predicted octanol–water partition coefficient (Wildman–Crippen LogP) is 3.79. The molecular weight excluding hydrogens is 246 g/mol. The van der Waals surface area contributed by atoms with Crippen LogP contribution in [-0.2, 0) is 13.0 Å². The molecule has 0 amide bonds. The van der Waals surface area contributed by atoms with Crippen LogP contribution in [0.1, 0.15) is 24.5 Å². The van der Waals surface area contributed by atoms with Crippen molar-refractivity contribution >= 4 is 0 Å². The van der Waals surface area contributed by atoms with Crippen molar-refractivity contribution in [2.24, 2.45) is 0 Å². The van der Waals surface area contributed by atoms with E-state index in [0.717, 1.165) is 38.3 Å². The number of fused-ring (bicyclic) bond motifs is 1. The molecule has 0 aromatic heterocycles. The van der Waals surface area contributed by atoms with E-state index in [9.17, 15) is 0 Å². The van der Waals surface area contributed by atoms with Crippen LogP contribution in [0.2, 0.25) is 0 Å². The number of benzene rings is 2. The Hall–Kier alpha value is -1.80. The van der Waals surface area contributed by atoms with E-state index in [1.165, 1.54) is 22.3 Å². The molecule has 1 heterocycles. The Bertz CT molecular complexity index is 574. The van der Waals surface area contributed by atoms with Gasteiger partial charge in [0.25, 0.3) is 0 Å². The van der Waals surface area contributed by atoms with E-state index in [1.54, 1.807) is 0 Å². The lowest BCUT2D eigenvalue weighted by Gasteiger charge is -2.20. The zero-order valence-electron chi connectivity index (χ0n) is 12.0. The second-order valence-corrected chi connectivity index (χ2v) is 5.24. The largest absolute Gasteiger partial charge is 0.494 e. The average Bonchev–Trinajstić information content (AvgIpc) is 2.53. The summed E-state index contributed by atoms with van der Waals surface area (Å²) in [7, 11) is 0. The Morgan fingerprint density at radius 2 is 1.95 bits per heavy atom. The van der Waals surface area contributed by atoms with Gasteiger partial charge in [-0.3, -0.25) is 0 Å². The highest BCUT2D eigenvalue weighted by Crippen LogP contribution is 2.29. The lowest BCUT2D eigenvalue weighted by atomic mass is 9.92. The highest BCUT2D eigenvalue weighted by Gasteiger charge is 2.13. The molecule has 2 heteroatoms. The molecule has 0 saturated heterocycles. The maximum Gasteiger partial charge on any atom is 0.119 e. The highest BCUT2D eigenvalue weighted by molar-refractivity contribution is 5.69. The molecule has 0 aliphatic carbocycles. The van der Waals surface area contributed by atoms with E-state index in [1.807, 2.05) is 0 Å². The van der Waals surface area contributed by atoms with E-state index >= 15 is 0 Å². The first kappa shape index (κ1) is 13.2. The fraction of sp³-hybridized carbons (Fsp3) is 0.333. The van der Waals surface area contributed by atoms with Crippen molar-refractivity contribution in [3.63, 3.8) is 0 Å². The normalized spacial score (nSPS) is 13.8. The van der Waals surface area contributed by atoms with Crippen LogP contribution >= 0.6 is 0 Å². The third-order valence-corrected chi connectivity index (χ3v) is 3.78. The van der Waals surface area contributed by atoms with Crippen LogP contribution in [0, 0.1) is 0 Å². The highest BCUT2D eigenvalue weighted by atomic mass is 16.5. The van der Waals surface area contributed by atoms with E-state index < -0.39 is 0 Å². The summed E-state index contributed by atoms with van der Waals surface area (Å²) >= 11 is 0. The molecule has 1 aliphatic rings. The van der Waals surface area contributed by atoms with Crippen LogP contribution in [0.15, 0.2) is 42.5 Å². The number of nitrogens with one attached hydrogen (secondary N) is 1. The standard InChI is InChI=1S/C18H21NO/c1-2-12-20-16-8-6-15(7-9-16)17-5-3-4-14-10-11-19-13-18(14)17/h3-9,19H,2,10-13H2,1H3. The summed E-state index contributed by atoms with van der Waals surface area (Å²) < 4.78 is 5.65. The Balaban J connectivity index is 1.89. The second-order valence-electron chi connectivity index (χ2n) is 5.24. The maximum atomic E-state index is 5.65. The lowest BCUT2D eigenvalue weighted by molar-refractivity contribution is 0.317. The summed E-state index contributed by atoms with van der Waals surface area (Å²) in [4.78, 5) is 0. The zero-order chi connectivity index (χ0) is 13.8. The van der Waals surface area contributed by atoms with Gasteiger partial charge >= 0.3 is 0 Å². The van der Waals surface area contributed by atoms with Gasteiger partial charge in [0.05, 0.1) is 6.61 Å². The summed E-state index contributed by atoms with van der Waals surface area (Å²) in [6.07, 6.45) is 2.17. The van der Waals surface area contributed by atoms with Crippen LogP contribution in [0.5, 0.6) is 5.75 Å². The Morgan fingerprint density at radius 3 is 2.75 bits per heavy atom. The van der Waals surface area contributed by atoms with Crippen LogP contribution < -0.4 is 10.1 Å².